The molecule has 0 heterocycles. The molecule has 1 atom stereocenters. The summed E-state index contributed by atoms with van der Waals surface area (Å²) < 4.78 is 0. The summed E-state index contributed by atoms with van der Waals surface area (Å²) in [6, 6.07) is 18.1. The summed E-state index contributed by atoms with van der Waals surface area (Å²) in [6.07, 6.45) is 3.45. The van der Waals surface area contributed by atoms with E-state index < -0.39 is 0 Å². The SMILES string of the molecule is CCCNC(CCc1ccccc1C)c1cccc(C)c1. The number of aryl methyl sites for hydroxylation is 3. The summed E-state index contributed by atoms with van der Waals surface area (Å²) >= 11 is 0. The second kappa shape index (κ2) is 7.99. The molecule has 0 aliphatic rings. The molecule has 0 aromatic heterocycles. The van der Waals surface area contributed by atoms with Crippen molar-refractivity contribution >= 4 is 0 Å². The van der Waals surface area contributed by atoms with Crippen LogP contribution < -0.4 is 5.32 Å². The van der Waals surface area contributed by atoms with Gasteiger partial charge >= 0.3 is 0 Å². The van der Waals surface area contributed by atoms with Crippen LogP contribution in [0.2, 0.25) is 0 Å². The summed E-state index contributed by atoms with van der Waals surface area (Å²) in [6.45, 7) is 7.67. The lowest BCUT2D eigenvalue weighted by atomic mass is 9.96. The Kier molecular flexibility index (Phi) is 6.01. The lowest BCUT2D eigenvalue weighted by Crippen LogP contribution is -2.22. The summed E-state index contributed by atoms with van der Waals surface area (Å²) in [5, 5.41) is 3.70. The lowest BCUT2D eigenvalue weighted by molar-refractivity contribution is 0.499. The molecular weight excluding hydrogens is 254 g/mol. The second-order valence-corrected chi connectivity index (χ2v) is 5.89. The molecule has 0 saturated heterocycles. The highest BCUT2D eigenvalue weighted by Gasteiger charge is 2.11. The molecule has 0 amide bonds. The fourth-order valence-corrected chi connectivity index (χ4v) is 2.78. The molecule has 112 valence electrons. The van der Waals surface area contributed by atoms with Crippen molar-refractivity contribution in [1.29, 1.82) is 0 Å². The van der Waals surface area contributed by atoms with E-state index in [1.165, 1.54) is 28.7 Å². The minimum absolute atomic E-state index is 0.449. The average Bonchev–Trinajstić information content (AvgIpc) is 2.49. The third kappa shape index (κ3) is 4.71. The van der Waals surface area contributed by atoms with Gasteiger partial charge in [-0.25, -0.2) is 0 Å². The van der Waals surface area contributed by atoms with Crippen molar-refractivity contribution in [3.8, 4) is 0 Å². The Morgan fingerprint density at radius 1 is 1.00 bits per heavy atom. The Balaban J connectivity index is 2.08. The fraction of sp³-hybridized carbons (Fsp3) is 0.400. The largest absolute Gasteiger partial charge is 0.310 e. The maximum atomic E-state index is 3.70. The normalized spacial score (nSPS) is 12.3. The van der Waals surface area contributed by atoms with Gasteiger partial charge in [0.2, 0.25) is 0 Å². The molecule has 2 aromatic rings. The van der Waals surface area contributed by atoms with E-state index in [2.05, 4.69) is 74.6 Å². The van der Waals surface area contributed by atoms with Crippen molar-refractivity contribution in [1.82, 2.24) is 5.32 Å². The first-order chi connectivity index (χ1) is 10.2. The molecule has 0 spiro atoms. The second-order valence-electron chi connectivity index (χ2n) is 5.89. The Hall–Kier alpha value is -1.60. The molecule has 0 saturated carbocycles. The molecule has 1 unspecified atom stereocenters. The van der Waals surface area contributed by atoms with Crippen molar-refractivity contribution in [3.05, 3.63) is 70.8 Å². The van der Waals surface area contributed by atoms with Gasteiger partial charge in [0.05, 0.1) is 0 Å². The minimum Gasteiger partial charge on any atom is -0.310 e. The van der Waals surface area contributed by atoms with Crippen LogP contribution in [-0.4, -0.2) is 6.54 Å². The van der Waals surface area contributed by atoms with Gasteiger partial charge in [0.25, 0.3) is 0 Å². The van der Waals surface area contributed by atoms with E-state index in [9.17, 15) is 0 Å². The molecular formula is C20H27N. The van der Waals surface area contributed by atoms with Crippen LogP contribution in [0.1, 0.15) is 48.1 Å². The van der Waals surface area contributed by atoms with Gasteiger partial charge in [-0.15, -0.1) is 0 Å². The lowest BCUT2D eigenvalue weighted by Gasteiger charge is -2.20. The predicted molar refractivity (Wildman–Crippen MR) is 91.7 cm³/mol. The molecule has 2 aromatic carbocycles. The zero-order valence-electron chi connectivity index (χ0n) is 13.5. The van der Waals surface area contributed by atoms with Crippen molar-refractivity contribution in [3.63, 3.8) is 0 Å². The van der Waals surface area contributed by atoms with Crippen LogP contribution in [0.4, 0.5) is 0 Å². The van der Waals surface area contributed by atoms with Crippen LogP contribution in [-0.2, 0) is 6.42 Å². The van der Waals surface area contributed by atoms with Gasteiger partial charge in [-0.1, -0.05) is 61.0 Å². The van der Waals surface area contributed by atoms with Crippen LogP contribution in [0.15, 0.2) is 48.5 Å². The number of benzene rings is 2. The summed E-state index contributed by atoms with van der Waals surface area (Å²) in [4.78, 5) is 0. The quantitative estimate of drug-likeness (QED) is 0.755. The van der Waals surface area contributed by atoms with Crippen LogP contribution in [0.5, 0.6) is 0 Å². The molecule has 2 rings (SSSR count). The standard InChI is InChI=1S/C20H27N/c1-4-14-21-20(19-11-7-8-16(2)15-19)13-12-18-10-6-5-9-17(18)3/h5-11,15,20-21H,4,12-14H2,1-3H3. The Morgan fingerprint density at radius 2 is 1.81 bits per heavy atom. The molecule has 0 aliphatic carbocycles. The Labute approximate surface area is 129 Å². The van der Waals surface area contributed by atoms with Crippen LogP contribution in [0, 0.1) is 13.8 Å². The van der Waals surface area contributed by atoms with E-state index in [-0.39, 0.29) is 0 Å². The first-order valence-corrected chi connectivity index (χ1v) is 8.05. The van der Waals surface area contributed by atoms with E-state index >= 15 is 0 Å². The number of hydrogen-bond acceptors (Lipinski definition) is 1. The van der Waals surface area contributed by atoms with Gasteiger partial charge in [0.1, 0.15) is 0 Å². The van der Waals surface area contributed by atoms with Crippen molar-refractivity contribution in [2.45, 2.75) is 46.1 Å². The van der Waals surface area contributed by atoms with E-state index in [0.29, 0.717) is 6.04 Å². The summed E-state index contributed by atoms with van der Waals surface area (Å²) in [5.41, 5.74) is 5.62. The number of hydrogen-bond donors (Lipinski definition) is 1. The van der Waals surface area contributed by atoms with Gasteiger partial charge < -0.3 is 5.32 Å². The first-order valence-electron chi connectivity index (χ1n) is 8.05. The average molecular weight is 281 g/mol. The summed E-state index contributed by atoms with van der Waals surface area (Å²) in [7, 11) is 0. The first kappa shape index (κ1) is 15.8. The summed E-state index contributed by atoms with van der Waals surface area (Å²) in [5.74, 6) is 0. The highest BCUT2D eigenvalue weighted by atomic mass is 14.9. The van der Waals surface area contributed by atoms with Gasteiger partial charge in [0, 0.05) is 6.04 Å². The smallest absolute Gasteiger partial charge is 0.0323 e. The van der Waals surface area contributed by atoms with Crippen molar-refractivity contribution < 1.29 is 0 Å². The molecule has 0 fully saturated rings. The monoisotopic (exact) mass is 281 g/mol. The van der Waals surface area contributed by atoms with E-state index in [0.717, 1.165) is 19.4 Å². The van der Waals surface area contributed by atoms with E-state index in [1.54, 1.807) is 0 Å². The third-order valence-electron chi connectivity index (χ3n) is 4.05. The third-order valence-corrected chi connectivity index (χ3v) is 4.05. The van der Waals surface area contributed by atoms with Gasteiger partial charge in [-0.3, -0.25) is 0 Å². The zero-order chi connectivity index (χ0) is 15.1. The topological polar surface area (TPSA) is 12.0 Å². The van der Waals surface area contributed by atoms with Crippen molar-refractivity contribution in [2.24, 2.45) is 0 Å². The molecule has 0 bridgehead atoms. The maximum absolute atomic E-state index is 3.70. The fourth-order valence-electron chi connectivity index (χ4n) is 2.78. The molecule has 21 heavy (non-hydrogen) atoms. The molecule has 1 heteroatoms. The van der Waals surface area contributed by atoms with E-state index in [4.69, 9.17) is 0 Å². The number of nitrogens with one attached hydrogen (secondary N) is 1. The molecule has 1 N–H and O–H groups in total. The van der Waals surface area contributed by atoms with Gasteiger partial charge in [-0.05, 0) is 56.3 Å². The number of rotatable bonds is 7. The van der Waals surface area contributed by atoms with Gasteiger partial charge in [-0.2, -0.15) is 0 Å². The highest BCUT2D eigenvalue weighted by molar-refractivity contribution is 5.28. The van der Waals surface area contributed by atoms with Crippen LogP contribution >= 0.6 is 0 Å². The zero-order valence-corrected chi connectivity index (χ0v) is 13.5. The molecule has 1 nitrogen and oxygen atoms in total. The molecule has 0 aliphatic heterocycles. The maximum Gasteiger partial charge on any atom is 0.0323 e. The van der Waals surface area contributed by atoms with E-state index in [1.807, 2.05) is 0 Å². The minimum atomic E-state index is 0.449. The van der Waals surface area contributed by atoms with Crippen LogP contribution in [0.25, 0.3) is 0 Å². The van der Waals surface area contributed by atoms with Gasteiger partial charge in [0.15, 0.2) is 0 Å². The molecule has 0 radical (unpaired) electrons. The highest BCUT2D eigenvalue weighted by Crippen LogP contribution is 2.21. The van der Waals surface area contributed by atoms with Crippen molar-refractivity contribution in [2.75, 3.05) is 6.54 Å². The van der Waals surface area contributed by atoms with Crippen LogP contribution in [0.3, 0.4) is 0 Å². The predicted octanol–water partition coefficient (Wildman–Crippen LogP) is 4.98. The Morgan fingerprint density at radius 3 is 2.52 bits per heavy atom. The Bertz CT molecular complexity index is 559.